The molecule has 2 aliphatic heterocycles. The lowest BCUT2D eigenvalue weighted by Crippen LogP contribution is -2.52. The van der Waals surface area contributed by atoms with E-state index < -0.39 is 54.7 Å². The summed E-state index contributed by atoms with van der Waals surface area (Å²) in [5.74, 6) is -3.87. The van der Waals surface area contributed by atoms with Crippen LogP contribution in [0.3, 0.4) is 0 Å². The summed E-state index contributed by atoms with van der Waals surface area (Å²) in [4.78, 5) is 27.5. The second kappa shape index (κ2) is 6.74. The molecule has 0 saturated carbocycles. The normalized spacial score (nSPS) is 34.9. The number of rotatable bonds is 4. The van der Waals surface area contributed by atoms with E-state index in [1.807, 2.05) is 4.98 Å². The molecule has 2 fully saturated rings. The van der Waals surface area contributed by atoms with Crippen LogP contribution in [-0.2, 0) is 30.1 Å². The Morgan fingerprint density at radius 1 is 1.56 bits per heavy atom. The summed E-state index contributed by atoms with van der Waals surface area (Å²) < 4.78 is 51.8. The minimum atomic E-state index is -3.87. The number of nitrogens with zero attached hydrogens (tertiary/aromatic N) is 4. The van der Waals surface area contributed by atoms with Crippen molar-refractivity contribution in [1.82, 2.24) is 9.55 Å². The van der Waals surface area contributed by atoms with Gasteiger partial charge in [0.05, 0.1) is 12.7 Å². The summed E-state index contributed by atoms with van der Waals surface area (Å²) in [5.41, 5.74) is 4.62. The summed E-state index contributed by atoms with van der Waals surface area (Å²) >= 11 is 5.09. The zero-order valence-electron chi connectivity index (χ0n) is 13.9. The number of fused-ring (bicyclic) bond motifs is 1. The Morgan fingerprint density at radius 3 is 2.85 bits per heavy atom. The van der Waals surface area contributed by atoms with Crippen LogP contribution in [0.1, 0.15) is 20.1 Å². The number of ether oxygens (including phenoxy) is 1. The highest BCUT2D eigenvalue weighted by Gasteiger charge is 2.71. The maximum Gasteiger partial charge on any atom is 0.330 e. The highest BCUT2D eigenvalue weighted by atomic mass is 32.5. The second-order valence-corrected chi connectivity index (χ2v) is 8.97. The van der Waals surface area contributed by atoms with Crippen molar-refractivity contribution in [2.45, 2.75) is 43.9 Å². The van der Waals surface area contributed by atoms with Gasteiger partial charge in [-0.1, -0.05) is 5.11 Å². The lowest BCUT2D eigenvalue weighted by atomic mass is 10.1. The predicted molar refractivity (Wildman–Crippen MR) is 89.6 cm³/mol. The van der Waals surface area contributed by atoms with Crippen LogP contribution in [0.5, 0.6) is 0 Å². The van der Waals surface area contributed by atoms with Crippen molar-refractivity contribution in [3.05, 3.63) is 43.5 Å². The zero-order valence-corrected chi connectivity index (χ0v) is 15.7. The van der Waals surface area contributed by atoms with E-state index in [1.165, 1.54) is 0 Å². The van der Waals surface area contributed by atoms with Gasteiger partial charge >= 0.3 is 18.3 Å². The Balaban J connectivity index is 2.08. The predicted octanol–water partition coefficient (Wildman–Crippen LogP) is 1.77. The van der Waals surface area contributed by atoms with E-state index in [2.05, 4.69) is 10.0 Å². The van der Waals surface area contributed by atoms with Crippen LogP contribution in [0, 0.1) is 0 Å². The van der Waals surface area contributed by atoms with Gasteiger partial charge in [-0.2, -0.15) is 8.78 Å². The van der Waals surface area contributed by atoms with Crippen molar-refractivity contribution < 1.29 is 27.1 Å². The van der Waals surface area contributed by atoms with Gasteiger partial charge in [0.25, 0.3) is 5.56 Å². The molecule has 3 heterocycles. The molecule has 1 aromatic rings. The van der Waals surface area contributed by atoms with Crippen molar-refractivity contribution in [1.29, 1.82) is 0 Å². The van der Waals surface area contributed by atoms with Gasteiger partial charge in [0.1, 0.15) is 0 Å². The molecule has 0 radical (unpaired) electrons. The van der Waals surface area contributed by atoms with E-state index >= 15 is 8.78 Å². The number of halogens is 2. The van der Waals surface area contributed by atoms with Gasteiger partial charge in [-0.05, 0) is 31.2 Å². The van der Waals surface area contributed by atoms with Crippen molar-refractivity contribution in [3.8, 4) is 0 Å². The molecule has 3 rings (SSSR count). The molecule has 4 atom stereocenters. The fourth-order valence-corrected chi connectivity index (χ4v) is 5.23. The van der Waals surface area contributed by atoms with Gasteiger partial charge in [-0.25, -0.2) is 4.79 Å². The standard InChI is InChI=1S/C12H14F2N5O6PS/c1-6(2)24-26(27)22-5-11(17-18-15)8(25-26)12(13,14)9(23-11)19-4-3-7(20)16-10(19)21/h3-4,6,8-9H,5H2,1-2H3,(H,16,20,21)/t8-,9+,11-,26?/m0/s1. The molecule has 11 nitrogen and oxygen atoms in total. The number of azide groups is 1. The molecule has 15 heteroatoms. The molecule has 0 aromatic carbocycles. The minimum absolute atomic E-state index is 0.463. The fraction of sp³-hybridized carbons (Fsp3) is 0.667. The molecule has 0 spiro atoms. The Labute approximate surface area is 155 Å². The number of aromatic amines is 1. The van der Waals surface area contributed by atoms with E-state index in [1.54, 1.807) is 13.8 Å². The first kappa shape index (κ1) is 20.1. The zero-order chi connectivity index (χ0) is 20.0. The first-order valence-corrected chi connectivity index (χ1v) is 10.1. The molecule has 1 unspecified atom stereocenters. The van der Waals surface area contributed by atoms with E-state index in [0.29, 0.717) is 4.57 Å². The smallest absolute Gasteiger partial charge is 0.330 e. The van der Waals surface area contributed by atoms with Crippen LogP contribution in [0.4, 0.5) is 8.78 Å². The number of nitrogens with one attached hydrogen (secondary N) is 1. The highest BCUT2D eigenvalue weighted by molar-refractivity contribution is 8.07. The topological polar surface area (TPSA) is 141 Å². The second-order valence-electron chi connectivity index (χ2n) is 6.06. The van der Waals surface area contributed by atoms with Crippen molar-refractivity contribution in [3.63, 3.8) is 0 Å². The molecule has 0 amide bonds. The Bertz CT molecular complexity index is 962. The molecule has 1 N–H and O–H groups in total. The first-order valence-electron chi connectivity index (χ1n) is 7.58. The van der Waals surface area contributed by atoms with Gasteiger partial charge in [-0.3, -0.25) is 18.9 Å². The summed E-state index contributed by atoms with van der Waals surface area (Å²) in [6.07, 6.45) is -4.04. The van der Waals surface area contributed by atoms with E-state index in [9.17, 15) is 9.59 Å². The average molecular weight is 425 g/mol. The molecule has 148 valence electrons. The third-order valence-corrected chi connectivity index (χ3v) is 6.15. The van der Waals surface area contributed by atoms with E-state index in [-0.39, 0.29) is 0 Å². The van der Waals surface area contributed by atoms with Crippen molar-refractivity contribution in [2.24, 2.45) is 5.11 Å². The minimum Gasteiger partial charge on any atom is -0.333 e. The Kier molecular flexibility index (Phi) is 5.02. The lowest BCUT2D eigenvalue weighted by Gasteiger charge is -2.39. The Morgan fingerprint density at radius 2 is 2.26 bits per heavy atom. The van der Waals surface area contributed by atoms with Crippen LogP contribution < -0.4 is 11.2 Å². The highest BCUT2D eigenvalue weighted by Crippen LogP contribution is 2.63. The van der Waals surface area contributed by atoms with Crippen LogP contribution in [0.25, 0.3) is 10.4 Å². The summed E-state index contributed by atoms with van der Waals surface area (Å²) in [7, 11) is 0. The summed E-state index contributed by atoms with van der Waals surface area (Å²) in [6, 6.07) is 0.868. The maximum atomic E-state index is 15.1. The lowest BCUT2D eigenvalue weighted by molar-refractivity contribution is -0.140. The van der Waals surface area contributed by atoms with E-state index in [0.717, 1.165) is 12.3 Å². The maximum absolute atomic E-state index is 15.1. The number of hydrogen-bond acceptors (Lipinski definition) is 8. The van der Waals surface area contributed by atoms with Gasteiger partial charge in [-0.15, -0.1) is 0 Å². The number of H-pyrrole nitrogens is 1. The van der Waals surface area contributed by atoms with Crippen LogP contribution in [0.2, 0.25) is 0 Å². The molecular formula is C12H14F2N5O6PS. The van der Waals surface area contributed by atoms with Crippen LogP contribution in [-0.4, -0.2) is 40.0 Å². The molecule has 2 aliphatic rings. The van der Waals surface area contributed by atoms with Gasteiger partial charge in [0.15, 0.2) is 6.10 Å². The largest absolute Gasteiger partial charge is 0.333 e. The van der Waals surface area contributed by atoms with Gasteiger partial charge in [0.2, 0.25) is 12.0 Å². The quantitative estimate of drug-likeness (QED) is 0.335. The SMILES string of the molecule is CC(C)OP1(=S)OC[C@]2(N=[N+]=[N-])O[C@@H](n3ccc(=O)[nH]c3=O)C(F)(F)[C@H]2O1. The third-order valence-electron chi connectivity index (χ3n) is 3.73. The molecule has 1 aromatic heterocycles. The molecule has 2 saturated heterocycles. The first-order chi connectivity index (χ1) is 12.5. The Hall–Kier alpha value is -1.66. The summed E-state index contributed by atoms with van der Waals surface area (Å²) in [5, 5.41) is 3.30. The third kappa shape index (κ3) is 3.45. The molecular weight excluding hydrogens is 411 g/mol. The van der Waals surface area contributed by atoms with Gasteiger partial charge < -0.3 is 13.8 Å². The number of hydrogen-bond donors (Lipinski definition) is 1. The van der Waals surface area contributed by atoms with Gasteiger partial charge in [0, 0.05) is 17.2 Å². The van der Waals surface area contributed by atoms with Crippen molar-refractivity contribution in [2.75, 3.05) is 6.61 Å². The molecule has 0 aliphatic carbocycles. The fourth-order valence-electron chi connectivity index (χ4n) is 2.71. The van der Waals surface area contributed by atoms with E-state index in [4.69, 9.17) is 35.6 Å². The van der Waals surface area contributed by atoms with Crippen LogP contribution in [0.15, 0.2) is 27.0 Å². The van der Waals surface area contributed by atoms with Crippen LogP contribution >= 0.6 is 6.72 Å². The number of aromatic nitrogens is 2. The van der Waals surface area contributed by atoms with Crippen molar-refractivity contribution >= 4 is 18.5 Å². The monoisotopic (exact) mass is 425 g/mol. The molecule has 0 bridgehead atoms. The summed E-state index contributed by atoms with van der Waals surface area (Å²) in [6.45, 7) is -1.01. The number of alkyl halides is 2. The molecule has 27 heavy (non-hydrogen) atoms. The average Bonchev–Trinajstić information content (AvgIpc) is 2.76.